The number of anilines is 3. The zero-order valence-corrected chi connectivity index (χ0v) is 26.1. The number of hydrogen-bond donors (Lipinski definition) is 0. The van der Waals surface area contributed by atoms with E-state index in [0.717, 1.165) is 22.8 Å². The lowest BCUT2D eigenvalue weighted by atomic mass is 9.89. The Balaban J connectivity index is 1.18. The summed E-state index contributed by atoms with van der Waals surface area (Å²) < 4.78 is 2.44. The van der Waals surface area contributed by atoms with Crippen molar-refractivity contribution < 1.29 is 0 Å². The van der Waals surface area contributed by atoms with Crippen LogP contribution in [-0.4, -0.2) is 9.55 Å². The van der Waals surface area contributed by atoms with Crippen LogP contribution in [0.5, 0.6) is 0 Å². The lowest BCUT2D eigenvalue weighted by Crippen LogP contribution is -2.11. The van der Waals surface area contributed by atoms with Gasteiger partial charge in [-0.2, -0.15) is 0 Å². The number of pyridine rings is 1. The molecule has 10 aromatic rings. The molecule has 0 N–H and O–H groups in total. The minimum atomic E-state index is 0.880. The van der Waals surface area contributed by atoms with Crippen molar-refractivity contribution in [3.63, 3.8) is 0 Å². The molecular weight excluding hydrogens is 583 g/mol. The summed E-state index contributed by atoms with van der Waals surface area (Å²) in [4.78, 5) is 7.25. The predicted molar refractivity (Wildman–Crippen MR) is 202 cm³/mol. The topological polar surface area (TPSA) is 21.1 Å². The second-order valence-corrected chi connectivity index (χ2v) is 12.4. The Labute approximate surface area is 277 Å². The van der Waals surface area contributed by atoms with Gasteiger partial charge in [-0.1, -0.05) is 109 Å². The molecule has 2 heterocycles. The smallest absolute Gasteiger partial charge is 0.137 e. The van der Waals surface area contributed by atoms with Gasteiger partial charge in [-0.3, -0.25) is 4.90 Å². The van der Waals surface area contributed by atoms with Crippen molar-refractivity contribution in [2.75, 3.05) is 4.90 Å². The molecule has 0 bridgehead atoms. The zero-order chi connectivity index (χ0) is 31.6. The Hall–Kier alpha value is -6.45. The molecule has 0 atom stereocenters. The maximum atomic E-state index is 5.05. The highest BCUT2D eigenvalue weighted by molar-refractivity contribution is 6.32. The van der Waals surface area contributed by atoms with Crippen LogP contribution in [0.2, 0.25) is 0 Å². The summed E-state index contributed by atoms with van der Waals surface area (Å²) in [5.41, 5.74) is 8.08. The lowest BCUT2D eigenvalue weighted by molar-refractivity contribution is 1.18. The minimum Gasteiger partial charge on any atom is -0.309 e. The van der Waals surface area contributed by atoms with Gasteiger partial charge in [-0.25, -0.2) is 4.98 Å². The van der Waals surface area contributed by atoms with Gasteiger partial charge in [0, 0.05) is 45.0 Å². The molecule has 8 aromatic carbocycles. The van der Waals surface area contributed by atoms with Crippen LogP contribution in [0, 0.1) is 0 Å². The number of hydrogen-bond acceptors (Lipinski definition) is 2. The average molecular weight is 612 g/mol. The molecule has 0 unspecified atom stereocenters. The van der Waals surface area contributed by atoms with Gasteiger partial charge in [0.2, 0.25) is 0 Å². The van der Waals surface area contributed by atoms with Crippen LogP contribution in [0.15, 0.2) is 176 Å². The molecule has 0 aliphatic heterocycles. The van der Waals surface area contributed by atoms with E-state index in [1.165, 1.54) is 65.4 Å². The fourth-order valence-corrected chi connectivity index (χ4v) is 7.67. The molecule has 0 saturated carbocycles. The van der Waals surface area contributed by atoms with E-state index < -0.39 is 0 Å². The van der Waals surface area contributed by atoms with Gasteiger partial charge in [0.05, 0.1) is 11.0 Å². The number of para-hydroxylation sites is 4. The van der Waals surface area contributed by atoms with Gasteiger partial charge in [-0.15, -0.1) is 0 Å². The molecule has 3 heteroatoms. The highest BCUT2D eigenvalue weighted by Gasteiger charge is 2.20. The summed E-state index contributed by atoms with van der Waals surface area (Å²) in [5.74, 6) is 0.880. The van der Waals surface area contributed by atoms with Crippen molar-refractivity contribution >= 4 is 71.3 Å². The molecule has 0 amide bonds. The first-order valence-electron chi connectivity index (χ1n) is 16.4. The van der Waals surface area contributed by atoms with Crippen LogP contribution in [0.25, 0.3) is 70.9 Å². The number of fused-ring (bicyclic) bond motifs is 4. The molecule has 0 fully saturated rings. The molecule has 0 aliphatic rings. The number of aromatic nitrogens is 2. The third-order valence-corrected chi connectivity index (χ3v) is 9.74. The molecule has 48 heavy (non-hydrogen) atoms. The fraction of sp³-hybridized carbons (Fsp3) is 0. The predicted octanol–water partition coefficient (Wildman–Crippen LogP) is 12.2. The highest BCUT2D eigenvalue weighted by Crippen LogP contribution is 2.45. The van der Waals surface area contributed by atoms with Crippen LogP contribution >= 0.6 is 0 Å². The second-order valence-electron chi connectivity index (χ2n) is 12.4. The maximum Gasteiger partial charge on any atom is 0.137 e. The number of benzene rings is 8. The lowest BCUT2D eigenvalue weighted by Gasteiger charge is -2.24. The summed E-state index contributed by atoms with van der Waals surface area (Å²) in [6, 6.07) is 60.8. The molecule has 0 aliphatic carbocycles. The average Bonchev–Trinajstić information content (AvgIpc) is 3.49. The van der Waals surface area contributed by atoms with Gasteiger partial charge >= 0.3 is 0 Å². The van der Waals surface area contributed by atoms with E-state index in [0.29, 0.717) is 0 Å². The highest BCUT2D eigenvalue weighted by atomic mass is 15.2. The third-order valence-electron chi connectivity index (χ3n) is 9.74. The van der Waals surface area contributed by atoms with Gasteiger partial charge in [0.15, 0.2) is 0 Å². The molecule has 2 aromatic heterocycles. The molecule has 10 rings (SSSR count). The van der Waals surface area contributed by atoms with E-state index in [1.807, 2.05) is 18.3 Å². The molecule has 3 nitrogen and oxygen atoms in total. The molecular formula is C45H29N3. The van der Waals surface area contributed by atoms with Gasteiger partial charge in [0.1, 0.15) is 5.82 Å². The first-order chi connectivity index (χ1) is 23.8. The van der Waals surface area contributed by atoms with Crippen LogP contribution in [-0.2, 0) is 0 Å². The van der Waals surface area contributed by atoms with E-state index in [2.05, 4.69) is 167 Å². The maximum absolute atomic E-state index is 5.05. The largest absolute Gasteiger partial charge is 0.309 e. The number of nitrogens with zero attached hydrogens (tertiary/aromatic N) is 3. The van der Waals surface area contributed by atoms with Crippen molar-refractivity contribution in [3.8, 4) is 16.8 Å². The third kappa shape index (κ3) is 3.98. The Kier molecular flexibility index (Phi) is 5.87. The summed E-state index contributed by atoms with van der Waals surface area (Å²) in [6.07, 6.45) is 2.02. The first-order valence-corrected chi connectivity index (χ1v) is 16.4. The van der Waals surface area contributed by atoms with E-state index in [1.54, 1.807) is 0 Å². The fourth-order valence-electron chi connectivity index (χ4n) is 7.67. The quantitative estimate of drug-likeness (QED) is 0.181. The monoisotopic (exact) mass is 611 g/mol. The van der Waals surface area contributed by atoms with Crippen molar-refractivity contribution in [1.29, 1.82) is 0 Å². The Morgan fingerprint density at radius 2 is 1.08 bits per heavy atom. The van der Waals surface area contributed by atoms with E-state index >= 15 is 0 Å². The summed E-state index contributed by atoms with van der Waals surface area (Å²) in [6.45, 7) is 0. The summed E-state index contributed by atoms with van der Waals surface area (Å²) in [7, 11) is 0. The Morgan fingerprint density at radius 1 is 0.458 bits per heavy atom. The van der Waals surface area contributed by atoms with E-state index in [-0.39, 0.29) is 0 Å². The van der Waals surface area contributed by atoms with Crippen LogP contribution < -0.4 is 4.90 Å². The van der Waals surface area contributed by atoms with Gasteiger partial charge in [0.25, 0.3) is 0 Å². The minimum absolute atomic E-state index is 0.880. The van der Waals surface area contributed by atoms with Gasteiger partial charge in [-0.05, 0) is 93.2 Å². The van der Waals surface area contributed by atoms with Crippen molar-refractivity contribution in [2.24, 2.45) is 0 Å². The SMILES string of the molecule is c1ccc(N(c2ccccc2)c2ccc(-c3ccc4ccc5c6c(ccc3c46)cc3c4ccccc4n(-c4ccccc4)c35)cn2)cc1. The standard InChI is InChI=1S/C45H29N3/c1-4-12-33(13-5-1)47(34-14-6-2-7-15-34)42-27-23-32(29-46-42)36-24-20-30-21-26-39-44-31(22-25-38(36)43(30)44)28-40-37-18-10-11-19-41(37)48(45(39)40)35-16-8-3-9-17-35/h1-29H. The van der Waals surface area contributed by atoms with Crippen LogP contribution in [0.1, 0.15) is 0 Å². The molecule has 0 radical (unpaired) electrons. The zero-order valence-electron chi connectivity index (χ0n) is 26.1. The molecule has 0 saturated heterocycles. The van der Waals surface area contributed by atoms with Crippen molar-refractivity contribution in [1.82, 2.24) is 9.55 Å². The van der Waals surface area contributed by atoms with Crippen molar-refractivity contribution in [3.05, 3.63) is 176 Å². The molecule has 0 spiro atoms. The van der Waals surface area contributed by atoms with Crippen LogP contribution in [0.4, 0.5) is 17.2 Å². The Bertz CT molecular complexity index is 2710. The van der Waals surface area contributed by atoms with E-state index in [9.17, 15) is 0 Å². The Morgan fingerprint density at radius 3 is 1.81 bits per heavy atom. The van der Waals surface area contributed by atoms with E-state index in [4.69, 9.17) is 4.98 Å². The summed E-state index contributed by atoms with van der Waals surface area (Å²) in [5, 5.41) is 10.2. The molecule has 224 valence electrons. The normalized spacial score (nSPS) is 11.8. The second kappa shape index (κ2) is 10.5. The van der Waals surface area contributed by atoms with Crippen LogP contribution in [0.3, 0.4) is 0 Å². The van der Waals surface area contributed by atoms with Crippen molar-refractivity contribution in [2.45, 2.75) is 0 Å². The summed E-state index contributed by atoms with van der Waals surface area (Å²) >= 11 is 0. The first kappa shape index (κ1) is 26.7. The number of rotatable bonds is 5. The van der Waals surface area contributed by atoms with Gasteiger partial charge < -0.3 is 4.57 Å².